The van der Waals surface area contributed by atoms with Crippen molar-refractivity contribution < 1.29 is 17.5 Å². The molecule has 0 aliphatic rings. The van der Waals surface area contributed by atoms with Crippen molar-refractivity contribution in [3.8, 4) is 0 Å². The highest BCUT2D eigenvalue weighted by Crippen LogP contribution is 2.28. The van der Waals surface area contributed by atoms with Gasteiger partial charge in [-0.15, -0.1) is 0 Å². The molecule has 0 spiro atoms. The van der Waals surface area contributed by atoms with Gasteiger partial charge < -0.3 is 5.73 Å². The molecule has 0 atom stereocenters. The topological polar surface area (TPSA) is 101 Å². The van der Waals surface area contributed by atoms with Gasteiger partial charge in [0.05, 0.1) is 5.03 Å². The molecule has 0 saturated heterocycles. The first-order chi connectivity index (χ1) is 7.61. The quantitative estimate of drug-likeness (QED) is 0.545. The van der Waals surface area contributed by atoms with Crippen LogP contribution in [0.5, 0.6) is 0 Å². The van der Waals surface area contributed by atoms with Crippen LogP contribution in [0.2, 0.25) is 0 Å². The number of hydrogen-bond donors (Lipinski definition) is 3. The van der Waals surface area contributed by atoms with Gasteiger partial charge in [-0.05, 0) is 17.7 Å². The van der Waals surface area contributed by atoms with Crippen molar-refractivity contribution in [1.29, 1.82) is 0 Å². The van der Waals surface area contributed by atoms with E-state index in [4.69, 9.17) is 58.1 Å². The fraction of sp³-hybridized carbons (Fsp3) is 0. The molecule has 0 fully saturated rings. The van der Waals surface area contributed by atoms with E-state index in [1.54, 1.807) is 24.3 Å². The minimum atomic E-state index is -4.67. The van der Waals surface area contributed by atoms with E-state index in [1.165, 1.54) is 0 Å². The molecule has 0 unspecified atom stereocenters. The molecule has 0 radical (unpaired) electrons. The molecule has 0 saturated carbocycles. The smallest absolute Gasteiger partial charge is 0.394 e. The molecule has 17 heavy (non-hydrogen) atoms. The molecule has 9 heteroatoms. The highest BCUT2D eigenvalue weighted by molar-refractivity contribution is 7.79. The number of rotatable bonds is 1. The second-order valence-electron chi connectivity index (χ2n) is 2.65. The highest BCUT2D eigenvalue weighted by Gasteiger charge is 2.02. The Kier molecular flexibility index (Phi) is 6.84. The fourth-order valence-corrected chi connectivity index (χ4v) is 1.12. The van der Waals surface area contributed by atoms with Gasteiger partial charge in [0.2, 0.25) is 0 Å². The minimum Gasteiger partial charge on any atom is -0.399 e. The molecule has 1 rings (SSSR count). The van der Waals surface area contributed by atoms with E-state index in [0.717, 1.165) is 5.56 Å². The maximum atomic E-state index is 8.74. The molecule has 1 aromatic carbocycles. The molecular formula is C8H8Cl3NO4S. The average Bonchev–Trinajstić information content (AvgIpc) is 2.13. The summed E-state index contributed by atoms with van der Waals surface area (Å²) in [6.07, 6.45) is 0. The molecule has 5 nitrogen and oxygen atoms in total. The first kappa shape index (κ1) is 16.5. The summed E-state index contributed by atoms with van der Waals surface area (Å²) in [6, 6.07) is 7.02. The first-order valence-electron chi connectivity index (χ1n) is 3.88. The van der Waals surface area contributed by atoms with Gasteiger partial charge in [-0.3, -0.25) is 9.11 Å². The zero-order valence-corrected chi connectivity index (χ0v) is 11.2. The summed E-state index contributed by atoms with van der Waals surface area (Å²) < 4.78 is 31.6. The normalized spacial score (nSPS) is 10.2. The third kappa shape index (κ3) is 9.22. The van der Waals surface area contributed by atoms with Gasteiger partial charge in [-0.1, -0.05) is 46.9 Å². The maximum absolute atomic E-state index is 8.74. The molecule has 0 aromatic heterocycles. The lowest BCUT2D eigenvalue weighted by atomic mass is 10.2. The Morgan fingerprint density at radius 2 is 1.65 bits per heavy atom. The number of nitrogen functional groups attached to an aromatic ring is 1. The molecule has 0 aliphatic heterocycles. The Bertz CT molecular complexity index is 503. The van der Waals surface area contributed by atoms with Crippen molar-refractivity contribution in [2.45, 2.75) is 0 Å². The van der Waals surface area contributed by atoms with Crippen LogP contribution >= 0.6 is 34.8 Å². The van der Waals surface area contributed by atoms with Gasteiger partial charge >= 0.3 is 10.4 Å². The Labute approximate surface area is 113 Å². The number of benzene rings is 1. The molecular weight excluding hydrogens is 313 g/mol. The highest BCUT2D eigenvalue weighted by atomic mass is 35.5. The zero-order valence-electron chi connectivity index (χ0n) is 8.14. The van der Waals surface area contributed by atoms with Crippen LogP contribution in [0.15, 0.2) is 28.8 Å². The van der Waals surface area contributed by atoms with Crippen molar-refractivity contribution >= 4 is 55.9 Å². The van der Waals surface area contributed by atoms with E-state index in [-0.39, 0.29) is 4.49 Å². The SMILES string of the molecule is Nc1cccc(C(Cl)=C(Cl)Cl)c1.O=S(=O)(O)O. The lowest BCUT2D eigenvalue weighted by Gasteiger charge is -1.99. The monoisotopic (exact) mass is 319 g/mol. The zero-order chi connectivity index (χ0) is 13.6. The molecule has 4 N–H and O–H groups in total. The van der Waals surface area contributed by atoms with Crippen LogP contribution in [0.4, 0.5) is 5.69 Å². The van der Waals surface area contributed by atoms with E-state index in [0.29, 0.717) is 10.7 Å². The lowest BCUT2D eigenvalue weighted by molar-refractivity contribution is 0.381. The van der Waals surface area contributed by atoms with Crippen LogP contribution in [0.25, 0.3) is 5.03 Å². The summed E-state index contributed by atoms with van der Waals surface area (Å²) >= 11 is 16.7. The van der Waals surface area contributed by atoms with E-state index in [9.17, 15) is 0 Å². The molecule has 0 heterocycles. The predicted molar refractivity (Wildman–Crippen MR) is 69.5 cm³/mol. The van der Waals surface area contributed by atoms with Gasteiger partial charge in [-0.2, -0.15) is 8.42 Å². The Hall–Kier alpha value is -0.500. The maximum Gasteiger partial charge on any atom is 0.394 e. The Morgan fingerprint density at radius 3 is 2.00 bits per heavy atom. The summed E-state index contributed by atoms with van der Waals surface area (Å²) in [5.41, 5.74) is 6.87. The number of hydrogen-bond acceptors (Lipinski definition) is 3. The lowest BCUT2D eigenvalue weighted by Crippen LogP contribution is -1.89. The van der Waals surface area contributed by atoms with E-state index in [1.807, 2.05) is 0 Å². The van der Waals surface area contributed by atoms with Gasteiger partial charge in [0, 0.05) is 5.69 Å². The first-order valence-corrected chi connectivity index (χ1v) is 6.41. The summed E-state index contributed by atoms with van der Waals surface area (Å²) in [7, 11) is -4.67. The largest absolute Gasteiger partial charge is 0.399 e. The summed E-state index contributed by atoms with van der Waals surface area (Å²) in [5.74, 6) is 0. The van der Waals surface area contributed by atoms with Crippen LogP contribution < -0.4 is 5.73 Å². The molecule has 1 aromatic rings. The van der Waals surface area contributed by atoms with Crippen LogP contribution in [0, 0.1) is 0 Å². The predicted octanol–water partition coefficient (Wildman–Crippen LogP) is 2.96. The molecule has 96 valence electrons. The Morgan fingerprint density at radius 1 is 1.18 bits per heavy atom. The summed E-state index contributed by atoms with van der Waals surface area (Å²) in [6.45, 7) is 0. The van der Waals surface area contributed by atoms with E-state index in [2.05, 4.69) is 0 Å². The second-order valence-corrected chi connectivity index (χ2v) is 4.87. The van der Waals surface area contributed by atoms with Crippen molar-refractivity contribution in [3.63, 3.8) is 0 Å². The standard InChI is InChI=1S/C8H6Cl3N.H2O4S/c9-7(8(10)11)5-2-1-3-6(12)4-5;1-5(2,3)4/h1-4H,12H2;(H2,1,2,3,4). The average molecular weight is 321 g/mol. The Balaban J connectivity index is 0.000000437. The van der Waals surface area contributed by atoms with Crippen LogP contribution in [0.3, 0.4) is 0 Å². The third-order valence-corrected chi connectivity index (χ3v) is 2.28. The summed E-state index contributed by atoms with van der Waals surface area (Å²) in [4.78, 5) is 0. The van der Waals surface area contributed by atoms with Gasteiger partial charge in [-0.25, -0.2) is 0 Å². The minimum absolute atomic E-state index is 0.0438. The third-order valence-electron chi connectivity index (χ3n) is 1.31. The van der Waals surface area contributed by atoms with Crippen molar-refractivity contribution in [1.82, 2.24) is 0 Å². The van der Waals surface area contributed by atoms with Gasteiger partial charge in [0.1, 0.15) is 4.49 Å². The van der Waals surface area contributed by atoms with Crippen molar-refractivity contribution in [2.24, 2.45) is 0 Å². The number of nitrogens with two attached hydrogens (primary N) is 1. The molecule has 0 aliphatic carbocycles. The van der Waals surface area contributed by atoms with E-state index < -0.39 is 10.4 Å². The number of anilines is 1. The summed E-state index contributed by atoms with van der Waals surface area (Å²) in [5, 5.41) is 0.311. The molecule has 0 amide bonds. The fourth-order valence-electron chi connectivity index (χ4n) is 0.784. The van der Waals surface area contributed by atoms with Gasteiger partial charge in [0.15, 0.2) is 0 Å². The van der Waals surface area contributed by atoms with Crippen molar-refractivity contribution in [3.05, 3.63) is 34.3 Å². The van der Waals surface area contributed by atoms with Crippen molar-refractivity contribution in [2.75, 3.05) is 5.73 Å². The molecule has 0 bridgehead atoms. The van der Waals surface area contributed by atoms with Crippen LogP contribution in [-0.2, 0) is 10.4 Å². The van der Waals surface area contributed by atoms with Crippen LogP contribution in [-0.4, -0.2) is 17.5 Å². The number of halogens is 3. The van der Waals surface area contributed by atoms with E-state index >= 15 is 0 Å². The second kappa shape index (κ2) is 7.05. The van der Waals surface area contributed by atoms with Gasteiger partial charge in [0.25, 0.3) is 0 Å². The van der Waals surface area contributed by atoms with Crippen LogP contribution in [0.1, 0.15) is 5.56 Å².